The molecule has 2 saturated heterocycles. The molecule has 10 heteroatoms. The number of benzene rings is 2. The molecule has 2 bridgehead atoms. The maximum atomic E-state index is 13.4. The monoisotopic (exact) mass is 484 g/mol. The Bertz CT molecular complexity index is 1070. The summed E-state index contributed by atoms with van der Waals surface area (Å²) in [6, 6.07) is 8.59. The molecule has 0 aliphatic carbocycles. The van der Waals surface area contributed by atoms with Crippen LogP contribution in [-0.4, -0.2) is 24.6 Å². The Morgan fingerprint density at radius 1 is 0.853 bits per heavy atom. The summed E-state index contributed by atoms with van der Waals surface area (Å²) >= 11 is 0. The second kappa shape index (κ2) is 7.71. The van der Waals surface area contributed by atoms with Gasteiger partial charge in [-0.3, -0.25) is 4.79 Å². The fraction of sp³-hybridized carbons (Fsp3) is 0.458. The minimum absolute atomic E-state index is 0.00102. The minimum atomic E-state index is -4.94. The van der Waals surface area contributed by atoms with Gasteiger partial charge in [0.1, 0.15) is 6.10 Å². The van der Waals surface area contributed by atoms with Gasteiger partial charge in [-0.15, -0.1) is 0 Å². The number of ether oxygens (including phenoxy) is 1. The van der Waals surface area contributed by atoms with Gasteiger partial charge in [-0.2, -0.15) is 26.3 Å². The largest absolute Gasteiger partial charge is 0.416 e. The topological polar surface area (TPSA) is 50.4 Å². The van der Waals surface area contributed by atoms with E-state index in [1.165, 1.54) is 0 Å². The second-order valence-corrected chi connectivity index (χ2v) is 9.42. The van der Waals surface area contributed by atoms with Gasteiger partial charge in [-0.05, 0) is 54.2 Å². The molecule has 3 atom stereocenters. The number of carbonyl (C=O) groups excluding carboxylic acids is 1. The Balaban J connectivity index is 1.49. The Kier molecular flexibility index (Phi) is 5.25. The van der Waals surface area contributed by atoms with Crippen molar-refractivity contribution in [2.45, 2.75) is 55.2 Å². The molecule has 4 nitrogen and oxygen atoms in total. The van der Waals surface area contributed by atoms with Crippen molar-refractivity contribution in [3.63, 3.8) is 0 Å². The van der Waals surface area contributed by atoms with E-state index >= 15 is 0 Å². The van der Waals surface area contributed by atoms with Gasteiger partial charge in [0, 0.05) is 13.0 Å². The molecular weight excluding hydrogens is 462 g/mol. The second-order valence-electron chi connectivity index (χ2n) is 9.42. The van der Waals surface area contributed by atoms with E-state index in [0.29, 0.717) is 37.8 Å². The molecule has 2 fully saturated rings. The van der Waals surface area contributed by atoms with Gasteiger partial charge in [0.2, 0.25) is 5.91 Å². The van der Waals surface area contributed by atoms with Gasteiger partial charge in [-0.1, -0.05) is 24.3 Å². The lowest BCUT2D eigenvalue weighted by Gasteiger charge is -2.47. The number of nitrogens with one attached hydrogen (secondary N) is 2. The number of carbonyl (C=O) groups is 1. The Hall–Kier alpha value is -2.59. The van der Waals surface area contributed by atoms with Crippen LogP contribution in [0.1, 0.15) is 59.6 Å². The van der Waals surface area contributed by atoms with Crippen molar-refractivity contribution in [3.05, 3.63) is 70.3 Å². The average Bonchev–Trinajstić information content (AvgIpc) is 3.13. The molecule has 34 heavy (non-hydrogen) atoms. The van der Waals surface area contributed by atoms with Gasteiger partial charge in [-0.25, -0.2) is 0 Å². The van der Waals surface area contributed by atoms with Crippen LogP contribution in [0.2, 0.25) is 0 Å². The number of amides is 1. The SMILES string of the molecule is O=C1CC[C@]2(CC[C@]3(CO[C@@H](c4cc(C(F)(F)F)cc(C(F)(F)F)c4)c4ccc3cc4)NC2)N1. The first kappa shape index (κ1) is 23.2. The highest BCUT2D eigenvalue weighted by atomic mass is 19.4. The summed E-state index contributed by atoms with van der Waals surface area (Å²) in [6.07, 6.45) is -8.53. The van der Waals surface area contributed by atoms with Gasteiger partial charge >= 0.3 is 12.4 Å². The van der Waals surface area contributed by atoms with Crippen molar-refractivity contribution in [1.29, 1.82) is 0 Å². The van der Waals surface area contributed by atoms with Crippen LogP contribution in [-0.2, 0) is 27.4 Å². The van der Waals surface area contributed by atoms with Crippen molar-refractivity contribution in [1.82, 2.24) is 10.6 Å². The van der Waals surface area contributed by atoms with E-state index in [4.69, 9.17) is 4.74 Å². The molecule has 0 aromatic heterocycles. The number of hydrogen-bond acceptors (Lipinski definition) is 3. The van der Waals surface area contributed by atoms with Crippen LogP contribution in [0, 0.1) is 0 Å². The lowest BCUT2D eigenvalue weighted by atomic mass is 9.75. The van der Waals surface area contributed by atoms with E-state index in [9.17, 15) is 31.1 Å². The molecule has 182 valence electrons. The average molecular weight is 484 g/mol. The zero-order valence-electron chi connectivity index (χ0n) is 17.9. The lowest BCUT2D eigenvalue weighted by molar-refractivity contribution is -0.143. The van der Waals surface area contributed by atoms with Crippen LogP contribution < -0.4 is 10.6 Å². The van der Waals surface area contributed by atoms with Crippen LogP contribution in [0.25, 0.3) is 0 Å². The van der Waals surface area contributed by atoms with Crippen LogP contribution >= 0.6 is 0 Å². The third kappa shape index (κ3) is 4.07. The van der Waals surface area contributed by atoms with Crippen molar-refractivity contribution in [3.8, 4) is 0 Å². The van der Waals surface area contributed by atoms with E-state index in [-0.39, 0.29) is 29.7 Å². The maximum Gasteiger partial charge on any atom is 0.416 e. The third-order valence-corrected chi connectivity index (χ3v) is 7.21. The number of halogens is 6. The normalized spacial score (nSPS) is 29.4. The summed E-state index contributed by atoms with van der Waals surface area (Å²) in [7, 11) is 0. The highest BCUT2D eigenvalue weighted by molar-refractivity contribution is 5.79. The number of fused-ring (bicyclic) bond motifs is 4. The van der Waals surface area contributed by atoms with Crippen LogP contribution in [0.5, 0.6) is 0 Å². The molecular formula is C24H22F6N2O2. The van der Waals surface area contributed by atoms with Crippen molar-refractivity contribution < 1.29 is 35.9 Å². The molecule has 2 aromatic rings. The molecule has 1 amide bonds. The standard InChI is InChI=1S/C24H22F6N2O2/c25-23(26,27)17-9-15(10-18(11-17)24(28,29)30)20-14-1-3-16(4-2-14)22(13-34-20)8-7-21(12-31-22)6-5-19(33)32-21/h1-4,9-11,20,31H,5-8,12-13H2,(H,32,33)/t20-,21-,22-/m1/s1. The fourth-order valence-electron chi connectivity index (χ4n) is 5.23. The molecule has 4 heterocycles. The predicted molar refractivity (Wildman–Crippen MR) is 110 cm³/mol. The predicted octanol–water partition coefficient (Wildman–Crippen LogP) is 5.07. The summed E-state index contributed by atoms with van der Waals surface area (Å²) in [4.78, 5) is 11.8. The quantitative estimate of drug-likeness (QED) is 0.556. The Morgan fingerprint density at radius 3 is 2.00 bits per heavy atom. The van der Waals surface area contributed by atoms with E-state index in [2.05, 4.69) is 10.6 Å². The number of alkyl halides is 6. The zero-order valence-corrected chi connectivity index (χ0v) is 17.9. The van der Waals surface area contributed by atoms with Gasteiger partial charge < -0.3 is 15.4 Å². The number of piperidine rings is 1. The van der Waals surface area contributed by atoms with Crippen molar-refractivity contribution in [2.75, 3.05) is 13.2 Å². The molecule has 6 rings (SSSR count). The molecule has 2 aromatic carbocycles. The van der Waals surface area contributed by atoms with Crippen molar-refractivity contribution in [2.24, 2.45) is 0 Å². The van der Waals surface area contributed by atoms with Crippen LogP contribution in [0.15, 0.2) is 42.5 Å². The van der Waals surface area contributed by atoms with Crippen LogP contribution in [0.3, 0.4) is 0 Å². The highest BCUT2D eigenvalue weighted by Gasteiger charge is 2.47. The smallest absolute Gasteiger partial charge is 0.367 e. The third-order valence-electron chi connectivity index (χ3n) is 7.21. The summed E-state index contributed by atoms with van der Waals surface area (Å²) < 4.78 is 86.5. The van der Waals surface area contributed by atoms with Gasteiger partial charge in [0.05, 0.1) is 28.8 Å². The van der Waals surface area contributed by atoms with Gasteiger partial charge in [0.25, 0.3) is 0 Å². The van der Waals surface area contributed by atoms with Crippen LogP contribution in [0.4, 0.5) is 26.3 Å². The van der Waals surface area contributed by atoms with Crippen molar-refractivity contribution >= 4 is 5.91 Å². The molecule has 4 aliphatic heterocycles. The first-order valence-corrected chi connectivity index (χ1v) is 11.0. The van der Waals surface area contributed by atoms with Gasteiger partial charge in [0.15, 0.2) is 0 Å². The summed E-state index contributed by atoms with van der Waals surface area (Å²) in [5, 5.41) is 6.51. The van der Waals surface area contributed by atoms with E-state index in [1.807, 2.05) is 12.1 Å². The Labute approximate surface area is 191 Å². The zero-order chi connectivity index (χ0) is 24.4. The first-order valence-electron chi connectivity index (χ1n) is 11.0. The molecule has 2 spiro atoms. The minimum Gasteiger partial charge on any atom is -0.367 e. The number of rotatable bonds is 1. The highest BCUT2D eigenvalue weighted by Crippen LogP contribution is 2.43. The number of hydrogen-bond donors (Lipinski definition) is 2. The molecule has 0 radical (unpaired) electrons. The van der Waals surface area contributed by atoms with E-state index in [0.717, 1.165) is 17.7 Å². The first-order chi connectivity index (χ1) is 15.9. The molecule has 4 aliphatic rings. The fourth-order valence-corrected chi connectivity index (χ4v) is 5.23. The summed E-state index contributed by atoms with van der Waals surface area (Å²) in [5.41, 5.74) is -2.55. The Morgan fingerprint density at radius 2 is 1.50 bits per heavy atom. The molecule has 2 N–H and O–H groups in total. The maximum absolute atomic E-state index is 13.4. The van der Waals surface area contributed by atoms with E-state index < -0.39 is 35.1 Å². The summed E-state index contributed by atoms with van der Waals surface area (Å²) in [5.74, 6) is 0.00102. The lowest BCUT2D eigenvalue weighted by Crippen LogP contribution is -2.62. The molecule has 0 unspecified atom stereocenters. The summed E-state index contributed by atoms with van der Waals surface area (Å²) in [6.45, 7) is 0.559. The van der Waals surface area contributed by atoms with E-state index in [1.54, 1.807) is 12.1 Å². The molecule has 0 saturated carbocycles.